The number of carboxylic acids is 1. The monoisotopic (exact) mass is 451 g/mol. The molecule has 0 atom stereocenters. The van der Waals surface area contributed by atoms with E-state index in [-0.39, 0.29) is 17.2 Å². The molecule has 3 aromatic rings. The number of hydrogen-bond donors (Lipinski definition) is 1. The number of benzene rings is 3. The first-order valence-electron chi connectivity index (χ1n) is 9.19. The molecule has 1 heterocycles. The number of hydrogen-bond acceptors (Lipinski definition) is 6. The third-order valence-corrected chi connectivity index (χ3v) is 6.17. The van der Waals surface area contributed by atoms with Crippen molar-refractivity contribution >= 4 is 62.7 Å². The molecule has 4 rings (SSSR count). The van der Waals surface area contributed by atoms with Crippen molar-refractivity contribution in [3.63, 3.8) is 0 Å². The number of nitrogens with zero attached hydrogens (tertiary/aromatic N) is 1. The van der Waals surface area contributed by atoms with Crippen molar-refractivity contribution in [1.29, 1.82) is 0 Å². The Morgan fingerprint density at radius 1 is 1.06 bits per heavy atom. The van der Waals surface area contributed by atoms with Gasteiger partial charge in [0.2, 0.25) is 0 Å². The lowest BCUT2D eigenvalue weighted by atomic mass is 10.0. The van der Waals surface area contributed by atoms with Gasteiger partial charge in [-0.2, -0.15) is 0 Å². The average molecular weight is 452 g/mol. The van der Waals surface area contributed by atoms with Crippen LogP contribution >= 0.6 is 24.0 Å². The second-order valence-electron chi connectivity index (χ2n) is 6.62. The van der Waals surface area contributed by atoms with E-state index < -0.39 is 5.97 Å². The minimum Gasteiger partial charge on any atom is -0.493 e. The Kier molecular flexibility index (Phi) is 5.67. The Morgan fingerprint density at radius 2 is 1.81 bits per heavy atom. The summed E-state index contributed by atoms with van der Waals surface area (Å²) in [5.41, 5.74) is 0.900. The topological polar surface area (TPSA) is 76.1 Å². The first-order chi connectivity index (χ1) is 14.9. The molecule has 6 nitrogen and oxygen atoms in total. The molecule has 0 radical (unpaired) electrons. The maximum absolute atomic E-state index is 13.2. The summed E-state index contributed by atoms with van der Waals surface area (Å²) >= 11 is 6.58. The first kappa shape index (κ1) is 20.9. The maximum atomic E-state index is 13.2. The third-order valence-electron chi connectivity index (χ3n) is 4.86. The number of methoxy groups -OCH3 is 2. The lowest BCUT2D eigenvalue weighted by Gasteiger charge is -2.15. The molecule has 0 aliphatic carbocycles. The van der Waals surface area contributed by atoms with E-state index in [0.29, 0.717) is 26.2 Å². The third kappa shape index (κ3) is 3.75. The summed E-state index contributed by atoms with van der Waals surface area (Å²) in [4.78, 5) is 26.9. The molecule has 0 aromatic heterocycles. The van der Waals surface area contributed by atoms with E-state index in [1.165, 1.54) is 25.2 Å². The minimum atomic E-state index is -1.19. The Balaban J connectivity index is 1.76. The zero-order valence-electron chi connectivity index (χ0n) is 16.6. The highest BCUT2D eigenvalue weighted by Gasteiger charge is 2.34. The number of anilines is 1. The zero-order chi connectivity index (χ0) is 22.1. The molecule has 0 saturated carbocycles. The smallest absolute Gasteiger partial charge is 0.340 e. The van der Waals surface area contributed by atoms with Crippen LogP contribution in [0.1, 0.15) is 15.9 Å². The molecular weight excluding hydrogens is 434 g/mol. The molecule has 1 aliphatic rings. The van der Waals surface area contributed by atoms with Crippen molar-refractivity contribution in [2.24, 2.45) is 0 Å². The van der Waals surface area contributed by atoms with Crippen molar-refractivity contribution in [3.05, 3.63) is 70.6 Å². The molecule has 3 aromatic carbocycles. The second kappa shape index (κ2) is 8.41. The maximum Gasteiger partial charge on any atom is 0.340 e. The van der Waals surface area contributed by atoms with E-state index in [4.69, 9.17) is 21.7 Å². The summed E-state index contributed by atoms with van der Waals surface area (Å²) in [6, 6.07) is 16.7. The van der Waals surface area contributed by atoms with Crippen LogP contribution in [0.15, 0.2) is 59.5 Å². The molecular formula is C23H17NO5S2. The summed E-state index contributed by atoms with van der Waals surface area (Å²) in [6.45, 7) is 0. The molecule has 1 amide bonds. The van der Waals surface area contributed by atoms with Gasteiger partial charge in [0, 0.05) is 0 Å². The van der Waals surface area contributed by atoms with Crippen LogP contribution in [0, 0.1) is 0 Å². The van der Waals surface area contributed by atoms with E-state index in [0.717, 1.165) is 22.5 Å². The standard InChI is InChI=1S/C23H17NO5S2/c1-28-17-10-8-15(19(22(26)27)20(17)29-2)12-18-21(25)24(23(30)31-18)16-9-7-13-5-3-4-6-14(13)11-16/h3-12H,1-2H3,(H,26,27)/b18-12+. The van der Waals surface area contributed by atoms with Crippen LogP contribution in [-0.2, 0) is 4.79 Å². The number of carbonyl (C=O) groups excluding carboxylic acids is 1. The number of thioether (sulfide) groups is 1. The predicted octanol–water partition coefficient (Wildman–Crippen LogP) is 4.96. The summed E-state index contributed by atoms with van der Waals surface area (Å²) < 4.78 is 10.8. The van der Waals surface area contributed by atoms with Gasteiger partial charge in [0.05, 0.1) is 24.8 Å². The van der Waals surface area contributed by atoms with Crippen molar-refractivity contribution < 1.29 is 24.2 Å². The summed E-state index contributed by atoms with van der Waals surface area (Å²) in [7, 11) is 2.80. The van der Waals surface area contributed by atoms with E-state index in [9.17, 15) is 14.7 Å². The van der Waals surface area contributed by atoms with E-state index >= 15 is 0 Å². The SMILES string of the molecule is COc1ccc(/C=C2/SC(=S)N(c3ccc4ccccc4c3)C2=O)c(C(=O)O)c1OC. The van der Waals surface area contributed by atoms with Gasteiger partial charge in [-0.3, -0.25) is 9.69 Å². The highest BCUT2D eigenvalue weighted by molar-refractivity contribution is 8.27. The Hall–Kier alpha value is -3.36. The van der Waals surface area contributed by atoms with Crippen LogP contribution in [-0.4, -0.2) is 35.5 Å². The molecule has 0 unspecified atom stereocenters. The Morgan fingerprint density at radius 3 is 2.48 bits per heavy atom. The fourth-order valence-corrected chi connectivity index (χ4v) is 4.72. The van der Waals surface area contributed by atoms with Crippen molar-refractivity contribution in [1.82, 2.24) is 0 Å². The number of amides is 1. The number of aromatic carboxylic acids is 1. The number of carbonyl (C=O) groups is 2. The summed E-state index contributed by atoms with van der Waals surface area (Å²) in [6.07, 6.45) is 1.52. The van der Waals surface area contributed by atoms with Crippen LogP contribution in [0.25, 0.3) is 16.8 Å². The molecule has 1 saturated heterocycles. The number of rotatable bonds is 5. The lowest BCUT2D eigenvalue weighted by molar-refractivity contribution is -0.113. The van der Waals surface area contributed by atoms with Gasteiger partial charge >= 0.3 is 5.97 Å². The van der Waals surface area contributed by atoms with Crippen molar-refractivity contribution in [2.75, 3.05) is 19.1 Å². The molecule has 1 fully saturated rings. The molecule has 156 valence electrons. The van der Waals surface area contributed by atoms with E-state index in [1.54, 1.807) is 12.1 Å². The van der Waals surface area contributed by atoms with Gasteiger partial charge in [-0.25, -0.2) is 4.79 Å². The van der Waals surface area contributed by atoms with E-state index in [2.05, 4.69) is 0 Å². The van der Waals surface area contributed by atoms with Gasteiger partial charge in [0.15, 0.2) is 15.8 Å². The number of fused-ring (bicyclic) bond motifs is 1. The van der Waals surface area contributed by atoms with Gasteiger partial charge in [0.25, 0.3) is 5.91 Å². The highest BCUT2D eigenvalue weighted by Crippen LogP contribution is 2.39. The summed E-state index contributed by atoms with van der Waals surface area (Å²) in [5.74, 6) is -1.11. The largest absolute Gasteiger partial charge is 0.493 e. The van der Waals surface area contributed by atoms with Crippen LogP contribution in [0.3, 0.4) is 0 Å². The molecule has 0 spiro atoms. The average Bonchev–Trinajstić information content (AvgIpc) is 3.05. The Labute approximate surface area is 188 Å². The highest BCUT2D eigenvalue weighted by atomic mass is 32.2. The van der Waals surface area contributed by atoms with Gasteiger partial charge < -0.3 is 14.6 Å². The lowest BCUT2D eigenvalue weighted by Crippen LogP contribution is -2.27. The molecule has 1 N–H and O–H groups in total. The van der Waals surface area contributed by atoms with Crippen LogP contribution in [0.5, 0.6) is 11.5 Å². The van der Waals surface area contributed by atoms with Gasteiger partial charge in [-0.05, 0) is 40.6 Å². The number of carboxylic acid groups (broad SMARTS) is 1. The summed E-state index contributed by atoms with van der Waals surface area (Å²) in [5, 5.41) is 11.8. The quantitative estimate of drug-likeness (QED) is 0.434. The fourth-order valence-electron chi connectivity index (χ4n) is 3.43. The fraction of sp³-hybridized carbons (Fsp3) is 0.0870. The van der Waals surface area contributed by atoms with Gasteiger partial charge in [0.1, 0.15) is 5.56 Å². The number of thiocarbonyl (C=S) groups is 1. The molecule has 0 bridgehead atoms. The van der Waals surface area contributed by atoms with Crippen molar-refractivity contribution in [2.45, 2.75) is 0 Å². The molecule has 8 heteroatoms. The van der Waals surface area contributed by atoms with Crippen LogP contribution < -0.4 is 14.4 Å². The molecule has 1 aliphatic heterocycles. The van der Waals surface area contributed by atoms with E-state index in [1.807, 2.05) is 42.5 Å². The Bertz CT molecular complexity index is 1270. The van der Waals surface area contributed by atoms with Crippen LogP contribution in [0.4, 0.5) is 5.69 Å². The minimum absolute atomic E-state index is 0.0853. The van der Waals surface area contributed by atoms with Gasteiger partial charge in [-0.1, -0.05) is 60.4 Å². The number of ether oxygens (including phenoxy) is 2. The zero-order valence-corrected chi connectivity index (χ0v) is 18.3. The van der Waals surface area contributed by atoms with Gasteiger partial charge in [-0.15, -0.1) is 0 Å². The van der Waals surface area contributed by atoms with Crippen LogP contribution in [0.2, 0.25) is 0 Å². The second-order valence-corrected chi connectivity index (χ2v) is 8.29. The first-order valence-corrected chi connectivity index (χ1v) is 10.4. The normalized spacial score (nSPS) is 15.0. The predicted molar refractivity (Wildman–Crippen MR) is 126 cm³/mol. The van der Waals surface area contributed by atoms with Crippen molar-refractivity contribution in [3.8, 4) is 11.5 Å². The molecule has 31 heavy (non-hydrogen) atoms.